The van der Waals surface area contributed by atoms with E-state index in [1.165, 1.54) is 0 Å². The second kappa shape index (κ2) is 6.89. The number of likely N-dealkylation sites (N-methyl/N-ethyl adjacent to an activating group) is 1. The molecule has 0 amide bonds. The number of morpholine rings is 1. The number of rotatable bonds is 5. The average molecular weight is 264 g/mol. The molecule has 106 valence electrons. The van der Waals surface area contributed by atoms with Gasteiger partial charge in [-0.25, -0.2) is 0 Å². The van der Waals surface area contributed by atoms with Crippen molar-refractivity contribution in [2.75, 3.05) is 33.4 Å². The van der Waals surface area contributed by atoms with Gasteiger partial charge < -0.3 is 20.1 Å². The van der Waals surface area contributed by atoms with E-state index in [1.807, 2.05) is 24.3 Å². The van der Waals surface area contributed by atoms with Crippen molar-refractivity contribution in [2.24, 2.45) is 5.73 Å². The monoisotopic (exact) mass is 264 g/mol. The summed E-state index contributed by atoms with van der Waals surface area (Å²) in [4.78, 5) is 2.26. The van der Waals surface area contributed by atoms with Crippen LogP contribution in [0.3, 0.4) is 0 Å². The van der Waals surface area contributed by atoms with Crippen molar-refractivity contribution in [1.82, 2.24) is 4.90 Å². The molecular weight excluding hydrogens is 240 g/mol. The molecule has 0 radical (unpaired) electrons. The third kappa shape index (κ3) is 4.20. The van der Waals surface area contributed by atoms with Crippen molar-refractivity contribution >= 4 is 0 Å². The Labute approximate surface area is 115 Å². The predicted octanol–water partition coefficient (Wildman–Crippen LogP) is 1.81. The molecule has 1 aromatic carbocycles. The van der Waals surface area contributed by atoms with Gasteiger partial charge in [0.05, 0.1) is 6.61 Å². The predicted molar refractivity (Wildman–Crippen MR) is 76.4 cm³/mol. The number of nitrogens with two attached hydrogens (primary N) is 1. The van der Waals surface area contributed by atoms with Crippen molar-refractivity contribution in [3.63, 3.8) is 0 Å². The lowest BCUT2D eigenvalue weighted by molar-refractivity contribution is -0.0403. The lowest BCUT2D eigenvalue weighted by Crippen LogP contribution is -2.42. The minimum atomic E-state index is 0.115. The van der Waals surface area contributed by atoms with Crippen LogP contribution in [0, 0.1) is 0 Å². The van der Waals surface area contributed by atoms with E-state index in [4.69, 9.17) is 15.2 Å². The van der Waals surface area contributed by atoms with Crippen LogP contribution in [0.4, 0.5) is 0 Å². The van der Waals surface area contributed by atoms with E-state index in [1.54, 1.807) is 0 Å². The molecule has 1 aromatic rings. The molecule has 4 heteroatoms. The zero-order valence-corrected chi connectivity index (χ0v) is 11.8. The molecule has 1 saturated heterocycles. The molecule has 2 unspecified atom stereocenters. The number of ether oxygens (including phenoxy) is 2. The molecule has 1 aliphatic rings. The van der Waals surface area contributed by atoms with Gasteiger partial charge in [-0.05, 0) is 31.2 Å². The van der Waals surface area contributed by atoms with Gasteiger partial charge in [-0.2, -0.15) is 0 Å². The summed E-state index contributed by atoms with van der Waals surface area (Å²) in [5.41, 5.74) is 7.14. The molecule has 2 rings (SSSR count). The van der Waals surface area contributed by atoms with E-state index in [2.05, 4.69) is 18.9 Å². The first-order valence-corrected chi connectivity index (χ1v) is 6.97. The first-order valence-electron chi connectivity index (χ1n) is 6.97. The molecule has 4 nitrogen and oxygen atoms in total. The van der Waals surface area contributed by atoms with Crippen LogP contribution < -0.4 is 10.5 Å². The zero-order chi connectivity index (χ0) is 13.7. The molecule has 19 heavy (non-hydrogen) atoms. The molecule has 2 atom stereocenters. The average Bonchev–Trinajstić information content (AvgIpc) is 2.45. The Bertz CT molecular complexity index is 380. The summed E-state index contributed by atoms with van der Waals surface area (Å²) >= 11 is 0. The highest BCUT2D eigenvalue weighted by Crippen LogP contribution is 2.18. The number of hydrogen-bond donors (Lipinski definition) is 1. The minimum absolute atomic E-state index is 0.115. The van der Waals surface area contributed by atoms with Crippen molar-refractivity contribution in [3.05, 3.63) is 29.8 Å². The molecule has 0 aromatic heterocycles. The topological polar surface area (TPSA) is 47.7 Å². The smallest absolute Gasteiger partial charge is 0.119 e. The summed E-state index contributed by atoms with van der Waals surface area (Å²) in [5, 5.41) is 0. The van der Waals surface area contributed by atoms with Crippen molar-refractivity contribution in [1.29, 1.82) is 0 Å². The quantitative estimate of drug-likeness (QED) is 0.881. The molecule has 0 bridgehead atoms. The fourth-order valence-corrected chi connectivity index (χ4v) is 2.20. The van der Waals surface area contributed by atoms with Gasteiger partial charge in [-0.3, -0.25) is 0 Å². The van der Waals surface area contributed by atoms with Gasteiger partial charge in [0.15, 0.2) is 0 Å². The fraction of sp³-hybridized carbons (Fsp3) is 0.600. The van der Waals surface area contributed by atoms with Gasteiger partial charge in [-0.15, -0.1) is 0 Å². The van der Waals surface area contributed by atoms with Gasteiger partial charge in [0, 0.05) is 19.1 Å². The molecule has 2 N–H and O–H groups in total. The van der Waals surface area contributed by atoms with E-state index in [0.717, 1.165) is 37.4 Å². The first kappa shape index (κ1) is 14.3. The molecular formula is C15H24N2O2. The van der Waals surface area contributed by atoms with Crippen molar-refractivity contribution in [3.8, 4) is 5.75 Å². The molecule has 0 saturated carbocycles. The zero-order valence-electron chi connectivity index (χ0n) is 11.8. The lowest BCUT2D eigenvalue weighted by Gasteiger charge is -2.29. The van der Waals surface area contributed by atoms with Crippen LogP contribution in [0.5, 0.6) is 5.75 Å². The maximum Gasteiger partial charge on any atom is 0.119 e. The van der Waals surface area contributed by atoms with Crippen LogP contribution in [0.2, 0.25) is 0 Å². The Morgan fingerprint density at radius 3 is 2.79 bits per heavy atom. The van der Waals surface area contributed by atoms with Crippen molar-refractivity contribution < 1.29 is 9.47 Å². The molecule has 0 aliphatic carbocycles. The SMILES string of the molecule is CCC(N)c1ccc(OCC2CN(C)CCO2)cc1. The van der Waals surface area contributed by atoms with Gasteiger partial charge in [-0.1, -0.05) is 19.1 Å². The van der Waals surface area contributed by atoms with Crippen LogP contribution in [0.25, 0.3) is 0 Å². The Morgan fingerprint density at radius 2 is 2.16 bits per heavy atom. The Hall–Kier alpha value is -1.10. The number of benzene rings is 1. The number of hydrogen-bond acceptors (Lipinski definition) is 4. The summed E-state index contributed by atoms with van der Waals surface area (Å²) in [7, 11) is 2.11. The lowest BCUT2D eigenvalue weighted by atomic mass is 10.1. The fourth-order valence-electron chi connectivity index (χ4n) is 2.20. The number of nitrogens with zero attached hydrogens (tertiary/aromatic N) is 1. The maximum atomic E-state index is 5.98. The van der Waals surface area contributed by atoms with Crippen LogP contribution >= 0.6 is 0 Å². The van der Waals surface area contributed by atoms with E-state index >= 15 is 0 Å². The highest BCUT2D eigenvalue weighted by Gasteiger charge is 2.18. The van der Waals surface area contributed by atoms with Crippen LogP contribution in [-0.4, -0.2) is 44.4 Å². The van der Waals surface area contributed by atoms with E-state index in [0.29, 0.717) is 6.61 Å². The van der Waals surface area contributed by atoms with Crippen LogP contribution in [-0.2, 0) is 4.74 Å². The van der Waals surface area contributed by atoms with Gasteiger partial charge in [0.2, 0.25) is 0 Å². The molecule has 0 spiro atoms. The van der Waals surface area contributed by atoms with Crippen molar-refractivity contribution in [2.45, 2.75) is 25.5 Å². The Balaban J connectivity index is 1.82. The molecule has 1 heterocycles. The third-order valence-corrected chi connectivity index (χ3v) is 3.53. The standard InChI is InChI=1S/C15H24N2O2/c1-3-15(16)12-4-6-13(7-5-12)19-11-14-10-17(2)8-9-18-14/h4-7,14-15H,3,8-11,16H2,1-2H3. The highest BCUT2D eigenvalue weighted by atomic mass is 16.5. The van der Waals surface area contributed by atoms with E-state index in [-0.39, 0.29) is 12.1 Å². The largest absolute Gasteiger partial charge is 0.491 e. The summed E-state index contributed by atoms with van der Waals surface area (Å²) in [6.45, 7) is 5.41. The van der Waals surface area contributed by atoms with E-state index in [9.17, 15) is 0 Å². The third-order valence-electron chi connectivity index (χ3n) is 3.53. The Kier molecular flexibility index (Phi) is 5.19. The first-order chi connectivity index (χ1) is 9.19. The maximum absolute atomic E-state index is 5.98. The van der Waals surface area contributed by atoms with Gasteiger partial charge in [0.25, 0.3) is 0 Å². The summed E-state index contributed by atoms with van der Waals surface area (Å²) in [6, 6.07) is 8.16. The van der Waals surface area contributed by atoms with Gasteiger partial charge in [0.1, 0.15) is 18.5 Å². The van der Waals surface area contributed by atoms with Crippen LogP contribution in [0.15, 0.2) is 24.3 Å². The minimum Gasteiger partial charge on any atom is -0.491 e. The summed E-state index contributed by atoms with van der Waals surface area (Å²) in [6.07, 6.45) is 1.11. The van der Waals surface area contributed by atoms with Crippen LogP contribution in [0.1, 0.15) is 24.9 Å². The summed E-state index contributed by atoms with van der Waals surface area (Å²) < 4.78 is 11.4. The second-order valence-corrected chi connectivity index (χ2v) is 5.15. The second-order valence-electron chi connectivity index (χ2n) is 5.15. The summed E-state index contributed by atoms with van der Waals surface area (Å²) in [5.74, 6) is 0.879. The normalized spacial score (nSPS) is 22.2. The Morgan fingerprint density at radius 1 is 1.42 bits per heavy atom. The highest BCUT2D eigenvalue weighted by molar-refractivity contribution is 5.29. The molecule has 1 aliphatic heterocycles. The van der Waals surface area contributed by atoms with E-state index < -0.39 is 0 Å². The van der Waals surface area contributed by atoms with Gasteiger partial charge >= 0.3 is 0 Å². The molecule has 1 fully saturated rings.